The second-order valence-corrected chi connectivity index (χ2v) is 7.31. The van der Waals surface area contributed by atoms with Crippen LogP contribution in [0.5, 0.6) is 0 Å². The van der Waals surface area contributed by atoms with Gasteiger partial charge < -0.3 is 10.4 Å². The number of fused-ring (bicyclic) bond motifs is 1. The minimum absolute atomic E-state index is 0.0809. The van der Waals surface area contributed by atoms with Gasteiger partial charge in [0.25, 0.3) is 17.7 Å². The molecule has 0 saturated carbocycles. The van der Waals surface area contributed by atoms with Crippen LogP contribution >= 0.6 is 0 Å². The molecule has 0 radical (unpaired) electrons. The van der Waals surface area contributed by atoms with Crippen LogP contribution in [0, 0.1) is 5.92 Å². The predicted octanol–water partition coefficient (Wildman–Crippen LogP) is 2.11. The van der Waals surface area contributed by atoms with Crippen LogP contribution in [-0.4, -0.2) is 44.7 Å². The Kier molecular flexibility index (Phi) is 5.72. The number of aromatic nitrogens is 1. The van der Waals surface area contributed by atoms with Gasteiger partial charge in [0, 0.05) is 18.0 Å². The first kappa shape index (κ1) is 20.2. The number of amides is 3. The molecule has 3 amide bonds. The van der Waals surface area contributed by atoms with Gasteiger partial charge in [-0.15, -0.1) is 0 Å². The Morgan fingerprint density at radius 2 is 1.72 bits per heavy atom. The fourth-order valence-electron chi connectivity index (χ4n) is 3.18. The molecule has 29 heavy (non-hydrogen) atoms. The molecule has 1 aromatic carbocycles. The number of carboxylic acids is 1. The Bertz CT molecular complexity index is 972. The van der Waals surface area contributed by atoms with Crippen LogP contribution in [0.4, 0.5) is 0 Å². The molecule has 2 N–H and O–H groups in total. The highest BCUT2D eigenvalue weighted by molar-refractivity contribution is 6.22. The monoisotopic (exact) mass is 395 g/mol. The topological polar surface area (TPSA) is 117 Å². The van der Waals surface area contributed by atoms with Crippen molar-refractivity contribution >= 4 is 23.7 Å². The van der Waals surface area contributed by atoms with Crippen LogP contribution in [0.25, 0.3) is 0 Å². The maximum atomic E-state index is 12.7. The molecule has 0 bridgehead atoms. The van der Waals surface area contributed by atoms with Crippen molar-refractivity contribution in [1.82, 2.24) is 15.2 Å². The average Bonchev–Trinajstić information content (AvgIpc) is 2.92. The van der Waals surface area contributed by atoms with Crippen LogP contribution in [-0.2, 0) is 11.3 Å². The number of carbonyl (C=O) groups is 4. The van der Waals surface area contributed by atoms with Crippen LogP contribution in [0.1, 0.15) is 56.9 Å². The molecule has 8 nitrogen and oxygen atoms in total. The fraction of sp³-hybridized carbons (Fsp3) is 0.286. The van der Waals surface area contributed by atoms with Crippen molar-refractivity contribution in [1.29, 1.82) is 0 Å². The van der Waals surface area contributed by atoms with Crippen molar-refractivity contribution in [3.8, 4) is 0 Å². The molecule has 150 valence electrons. The molecule has 0 spiro atoms. The summed E-state index contributed by atoms with van der Waals surface area (Å²) in [5.41, 5.74) is 1.24. The Morgan fingerprint density at radius 1 is 1.07 bits per heavy atom. The smallest absolute Gasteiger partial charge is 0.326 e. The summed E-state index contributed by atoms with van der Waals surface area (Å²) in [4.78, 5) is 54.2. The molecule has 2 aromatic rings. The van der Waals surface area contributed by atoms with E-state index in [0.29, 0.717) is 0 Å². The Labute approximate surface area is 167 Å². The van der Waals surface area contributed by atoms with Crippen LogP contribution in [0.15, 0.2) is 42.7 Å². The van der Waals surface area contributed by atoms with Gasteiger partial charge in [0.05, 0.1) is 17.7 Å². The zero-order valence-electron chi connectivity index (χ0n) is 16.1. The highest BCUT2D eigenvalue weighted by atomic mass is 16.4. The summed E-state index contributed by atoms with van der Waals surface area (Å²) in [7, 11) is 0. The van der Waals surface area contributed by atoms with E-state index in [-0.39, 0.29) is 35.6 Å². The summed E-state index contributed by atoms with van der Waals surface area (Å²) in [5, 5.41) is 11.8. The first-order valence-electron chi connectivity index (χ1n) is 9.20. The lowest BCUT2D eigenvalue weighted by atomic mass is 10.0. The van der Waals surface area contributed by atoms with Gasteiger partial charge in [-0.05, 0) is 48.2 Å². The summed E-state index contributed by atoms with van der Waals surface area (Å²) >= 11 is 0. The number of carbonyl (C=O) groups excluding carboxylic acids is 3. The molecule has 1 aromatic heterocycles. The molecule has 0 unspecified atom stereocenters. The second kappa shape index (κ2) is 8.22. The van der Waals surface area contributed by atoms with Crippen molar-refractivity contribution < 1.29 is 24.3 Å². The minimum Gasteiger partial charge on any atom is -0.480 e. The first-order valence-corrected chi connectivity index (χ1v) is 9.20. The zero-order chi connectivity index (χ0) is 21.1. The quantitative estimate of drug-likeness (QED) is 0.694. The van der Waals surface area contributed by atoms with Crippen molar-refractivity contribution in [2.75, 3.05) is 0 Å². The van der Waals surface area contributed by atoms with Crippen LogP contribution in [0.2, 0.25) is 0 Å². The van der Waals surface area contributed by atoms with Crippen LogP contribution < -0.4 is 5.32 Å². The van der Waals surface area contributed by atoms with E-state index >= 15 is 0 Å². The maximum absolute atomic E-state index is 12.7. The number of imide groups is 1. The molecular weight excluding hydrogens is 374 g/mol. The van der Waals surface area contributed by atoms with E-state index in [1.54, 1.807) is 24.5 Å². The largest absolute Gasteiger partial charge is 0.480 e. The molecule has 3 rings (SSSR count). The predicted molar refractivity (Wildman–Crippen MR) is 103 cm³/mol. The number of carboxylic acid groups (broad SMARTS) is 1. The molecule has 0 saturated heterocycles. The number of rotatable bonds is 7. The van der Waals surface area contributed by atoms with Gasteiger partial charge in [-0.1, -0.05) is 13.8 Å². The lowest BCUT2D eigenvalue weighted by Gasteiger charge is -2.16. The summed E-state index contributed by atoms with van der Waals surface area (Å²) in [6.07, 6.45) is 3.43. The molecule has 1 atom stereocenters. The molecule has 0 aliphatic carbocycles. The van der Waals surface area contributed by atoms with Gasteiger partial charge in [0.15, 0.2) is 0 Å². The van der Waals surface area contributed by atoms with E-state index in [0.717, 1.165) is 10.5 Å². The van der Waals surface area contributed by atoms with Gasteiger partial charge in [0.1, 0.15) is 6.04 Å². The van der Waals surface area contributed by atoms with Crippen molar-refractivity contribution in [3.63, 3.8) is 0 Å². The summed E-state index contributed by atoms with van der Waals surface area (Å²) < 4.78 is 0. The SMILES string of the molecule is CC(C)C[C@H](NC(=O)c1ccc2c(c1)C(=O)N(Cc1ccncc1)C2=O)C(=O)O. The third-order valence-electron chi connectivity index (χ3n) is 4.63. The molecule has 1 aliphatic heterocycles. The van der Waals surface area contributed by atoms with E-state index < -0.39 is 29.7 Å². The fourth-order valence-corrected chi connectivity index (χ4v) is 3.18. The number of aliphatic carboxylic acids is 1. The number of hydrogen-bond acceptors (Lipinski definition) is 5. The highest BCUT2D eigenvalue weighted by Gasteiger charge is 2.36. The summed E-state index contributed by atoms with van der Waals surface area (Å²) in [5.74, 6) is -2.57. The molecule has 0 fully saturated rings. The van der Waals surface area contributed by atoms with Gasteiger partial charge in [-0.25, -0.2) is 4.79 Å². The van der Waals surface area contributed by atoms with E-state index in [1.807, 2.05) is 13.8 Å². The second-order valence-electron chi connectivity index (χ2n) is 7.31. The van der Waals surface area contributed by atoms with Crippen molar-refractivity contribution in [2.45, 2.75) is 32.9 Å². The standard InChI is InChI=1S/C21H21N3O5/c1-12(2)9-17(21(28)29)23-18(25)14-3-4-15-16(10-14)20(27)24(19(15)26)11-13-5-7-22-8-6-13/h3-8,10,12,17H,9,11H2,1-2H3,(H,23,25)(H,28,29)/t17-/m0/s1. The molecule has 1 aliphatic rings. The van der Waals surface area contributed by atoms with Crippen molar-refractivity contribution in [2.24, 2.45) is 5.92 Å². The molecule has 2 heterocycles. The maximum Gasteiger partial charge on any atom is 0.326 e. The van der Waals surface area contributed by atoms with E-state index in [1.165, 1.54) is 18.2 Å². The third kappa shape index (κ3) is 4.31. The lowest BCUT2D eigenvalue weighted by Crippen LogP contribution is -2.41. The Morgan fingerprint density at radius 3 is 2.34 bits per heavy atom. The average molecular weight is 395 g/mol. The number of pyridine rings is 1. The number of nitrogens with zero attached hydrogens (tertiary/aromatic N) is 2. The highest BCUT2D eigenvalue weighted by Crippen LogP contribution is 2.25. The Balaban J connectivity index is 1.80. The van der Waals surface area contributed by atoms with Gasteiger partial charge in [-0.3, -0.25) is 24.3 Å². The van der Waals surface area contributed by atoms with Gasteiger partial charge in [0.2, 0.25) is 0 Å². The van der Waals surface area contributed by atoms with E-state index in [4.69, 9.17) is 0 Å². The summed E-state index contributed by atoms with van der Waals surface area (Å²) in [6, 6.07) is 6.58. The van der Waals surface area contributed by atoms with Crippen molar-refractivity contribution in [3.05, 3.63) is 65.0 Å². The van der Waals surface area contributed by atoms with Gasteiger partial charge in [-0.2, -0.15) is 0 Å². The first-order chi connectivity index (χ1) is 13.8. The van der Waals surface area contributed by atoms with Crippen LogP contribution in [0.3, 0.4) is 0 Å². The summed E-state index contributed by atoms with van der Waals surface area (Å²) in [6.45, 7) is 3.82. The number of benzene rings is 1. The molecular formula is C21H21N3O5. The zero-order valence-corrected chi connectivity index (χ0v) is 16.1. The lowest BCUT2D eigenvalue weighted by molar-refractivity contribution is -0.139. The number of hydrogen-bond donors (Lipinski definition) is 2. The third-order valence-corrected chi connectivity index (χ3v) is 4.63. The Hall–Kier alpha value is -3.55. The number of nitrogens with one attached hydrogen (secondary N) is 1. The normalized spacial score (nSPS) is 14.1. The van der Waals surface area contributed by atoms with E-state index in [2.05, 4.69) is 10.3 Å². The van der Waals surface area contributed by atoms with E-state index in [9.17, 15) is 24.3 Å². The van der Waals surface area contributed by atoms with Gasteiger partial charge >= 0.3 is 5.97 Å². The molecule has 8 heteroatoms. The minimum atomic E-state index is -1.12.